The number of amides is 2. The van der Waals surface area contributed by atoms with Gasteiger partial charge in [-0.15, -0.1) is 11.3 Å². The van der Waals surface area contributed by atoms with E-state index in [9.17, 15) is 9.59 Å². The number of thiophene rings is 1. The van der Waals surface area contributed by atoms with Crippen LogP contribution in [-0.2, 0) is 14.3 Å². The molecule has 1 heterocycles. The van der Waals surface area contributed by atoms with Gasteiger partial charge < -0.3 is 14.8 Å². The molecule has 0 unspecified atom stereocenters. The number of esters is 1. The zero-order chi connectivity index (χ0) is 15.0. The Morgan fingerprint density at radius 1 is 1.25 bits per heavy atom. The predicted octanol–water partition coefficient (Wildman–Crippen LogP) is 1.79. The maximum Gasteiger partial charge on any atom is 0.325 e. The summed E-state index contributed by atoms with van der Waals surface area (Å²) in [5.74, 6) is -0.426. The van der Waals surface area contributed by atoms with Crippen molar-refractivity contribution < 1.29 is 19.1 Å². The van der Waals surface area contributed by atoms with Crippen molar-refractivity contribution in [1.29, 1.82) is 5.41 Å². The molecule has 0 fully saturated rings. The van der Waals surface area contributed by atoms with E-state index in [0.29, 0.717) is 16.5 Å². The van der Waals surface area contributed by atoms with Crippen molar-refractivity contribution >= 4 is 34.2 Å². The summed E-state index contributed by atoms with van der Waals surface area (Å²) in [5.41, 5.74) is 0. The Balaban J connectivity index is 2.42. The second-order valence-electron chi connectivity index (χ2n) is 3.54. The van der Waals surface area contributed by atoms with Gasteiger partial charge in [0.2, 0.25) is 5.90 Å². The average Bonchev–Trinajstić information content (AvgIpc) is 2.85. The third-order valence-corrected chi connectivity index (χ3v) is 3.05. The summed E-state index contributed by atoms with van der Waals surface area (Å²) in [5, 5.41) is 13.1. The summed E-state index contributed by atoms with van der Waals surface area (Å²) in [4.78, 5) is 23.2. The molecule has 110 valence electrons. The molecule has 0 atom stereocenters. The molecule has 0 saturated carbocycles. The normalized spacial score (nSPS) is 9.70. The molecule has 0 spiro atoms. The van der Waals surface area contributed by atoms with E-state index in [0.717, 1.165) is 0 Å². The summed E-state index contributed by atoms with van der Waals surface area (Å²) in [7, 11) is 0. The molecule has 3 N–H and O–H groups in total. The lowest BCUT2D eigenvalue weighted by Crippen LogP contribution is -2.33. The molecular formula is C12H17N3O4S. The first-order valence-electron chi connectivity index (χ1n) is 6.08. The summed E-state index contributed by atoms with van der Waals surface area (Å²) < 4.78 is 9.74. The van der Waals surface area contributed by atoms with Crippen molar-refractivity contribution in [3.05, 3.63) is 17.0 Å². The Hall–Kier alpha value is -2.09. The average molecular weight is 299 g/mol. The minimum atomic E-state index is -0.505. The standard InChI is InChI=1S/C12H17N3O4S/c1-3-18-10(16)7-14-12(17)15-9-6-5-8(20-9)11(13)19-4-2/h5-6,13H,3-4,7H2,1-2H3,(H2,14,15,17). The van der Waals surface area contributed by atoms with Gasteiger partial charge in [-0.05, 0) is 26.0 Å². The van der Waals surface area contributed by atoms with E-state index in [4.69, 9.17) is 10.1 Å². The summed E-state index contributed by atoms with van der Waals surface area (Å²) in [6.07, 6.45) is 0. The van der Waals surface area contributed by atoms with Crippen molar-refractivity contribution in [1.82, 2.24) is 5.32 Å². The minimum Gasteiger partial charge on any atom is -0.477 e. The number of nitrogens with one attached hydrogen (secondary N) is 3. The number of rotatable bonds is 6. The monoisotopic (exact) mass is 299 g/mol. The molecule has 7 nitrogen and oxygen atoms in total. The van der Waals surface area contributed by atoms with Gasteiger partial charge in [-0.3, -0.25) is 15.5 Å². The summed E-state index contributed by atoms with van der Waals surface area (Å²) in [6.45, 7) is 3.99. The van der Waals surface area contributed by atoms with E-state index >= 15 is 0 Å². The first-order chi connectivity index (χ1) is 9.56. The first-order valence-corrected chi connectivity index (χ1v) is 6.90. The van der Waals surface area contributed by atoms with Crippen molar-refractivity contribution in [3.63, 3.8) is 0 Å². The zero-order valence-electron chi connectivity index (χ0n) is 11.3. The molecule has 8 heteroatoms. The molecule has 2 amide bonds. The molecule has 0 saturated heterocycles. The number of hydrogen-bond acceptors (Lipinski definition) is 6. The molecule has 0 aliphatic heterocycles. The lowest BCUT2D eigenvalue weighted by Gasteiger charge is -2.05. The number of hydrogen-bond donors (Lipinski definition) is 3. The number of carbonyl (C=O) groups excluding carboxylic acids is 2. The smallest absolute Gasteiger partial charge is 0.325 e. The highest BCUT2D eigenvalue weighted by atomic mass is 32.1. The van der Waals surface area contributed by atoms with Gasteiger partial charge in [0.25, 0.3) is 0 Å². The van der Waals surface area contributed by atoms with Crippen molar-refractivity contribution in [3.8, 4) is 0 Å². The lowest BCUT2D eigenvalue weighted by atomic mass is 10.4. The van der Waals surface area contributed by atoms with E-state index in [1.54, 1.807) is 26.0 Å². The third-order valence-electron chi connectivity index (χ3n) is 2.05. The molecule has 0 aliphatic rings. The molecule has 1 aromatic heterocycles. The van der Waals surface area contributed by atoms with Gasteiger partial charge in [-0.1, -0.05) is 0 Å². The second-order valence-corrected chi connectivity index (χ2v) is 4.62. The maximum atomic E-state index is 11.5. The van der Waals surface area contributed by atoms with Crippen LogP contribution in [0.4, 0.5) is 9.80 Å². The van der Waals surface area contributed by atoms with E-state index in [1.165, 1.54) is 11.3 Å². The van der Waals surface area contributed by atoms with E-state index < -0.39 is 12.0 Å². The maximum absolute atomic E-state index is 11.5. The second kappa shape index (κ2) is 8.16. The quantitative estimate of drug-likeness (QED) is 0.423. The molecule has 0 bridgehead atoms. The highest BCUT2D eigenvalue weighted by molar-refractivity contribution is 7.18. The SMILES string of the molecule is CCOC(=N)c1ccc(NC(=O)NCC(=O)OCC)s1. The first kappa shape index (κ1) is 16.0. The van der Waals surface area contributed by atoms with E-state index in [1.807, 2.05) is 0 Å². The highest BCUT2D eigenvalue weighted by Gasteiger charge is 2.10. The highest BCUT2D eigenvalue weighted by Crippen LogP contribution is 2.22. The molecule has 0 radical (unpaired) electrons. The van der Waals surface area contributed by atoms with Crippen LogP contribution in [0.3, 0.4) is 0 Å². The van der Waals surface area contributed by atoms with Crippen LogP contribution in [-0.4, -0.2) is 37.7 Å². The Morgan fingerprint density at radius 2 is 1.95 bits per heavy atom. The van der Waals surface area contributed by atoms with Crippen LogP contribution < -0.4 is 10.6 Å². The molecule has 1 aromatic rings. The number of ether oxygens (including phenoxy) is 2. The van der Waals surface area contributed by atoms with Crippen molar-refractivity contribution in [2.45, 2.75) is 13.8 Å². The lowest BCUT2D eigenvalue weighted by molar-refractivity contribution is -0.141. The predicted molar refractivity (Wildman–Crippen MR) is 76.4 cm³/mol. The fraction of sp³-hybridized carbons (Fsp3) is 0.417. The molecule has 20 heavy (non-hydrogen) atoms. The van der Waals surface area contributed by atoms with Crippen molar-refractivity contribution in [2.24, 2.45) is 0 Å². The van der Waals surface area contributed by atoms with Crippen LogP contribution in [0.5, 0.6) is 0 Å². The Labute approximate surface area is 120 Å². The van der Waals surface area contributed by atoms with E-state index in [-0.39, 0.29) is 19.0 Å². The van der Waals surface area contributed by atoms with Crippen molar-refractivity contribution in [2.75, 3.05) is 25.1 Å². The van der Waals surface area contributed by atoms with Crippen LogP contribution in [0.2, 0.25) is 0 Å². The third kappa shape index (κ3) is 5.27. The fourth-order valence-corrected chi connectivity index (χ4v) is 2.07. The summed E-state index contributed by atoms with van der Waals surface area (Å²) in [6, 6.07) is 2.84. The number of carbonyl (C=O) groups is 2. The van der Waals surface area contributed by atoms with Gasteiger partial charge in [-0.2, -0.15) is 0 Å². The van der Waals surface area contributed by atoms with Crippen LogP contribution in [0, 0.1) is 5.41 Å². The van der Waals surface area contributed by atoms with Gasteiger partial charge in [-0.25, -0.2) is 4.79 Å². The van der Waals surface area contributed by atoms with Crippen LogP contribution in [0.15, 0.2) is 12.1 Å². The molecular weight excluding hydrogens is 282 g/mol. The van der Waals surface area contributed by atoms with Crippen LogP contribution >= 0.6 is 11.3 Å². The molecule has 0 aliphatic carbocycles. The Morgan fingerprint density at radius 3 is 2.60 bits per heavy atom. The topological polar surface area (TPSA) is 101 Å². The minimum absolute atomic E-state index is 0.0671. The van der Waals surface area contributed by atoms with Gasteiger partial charge in [0, 0.05) is 0 Å². The van der Waals surface area contributed by atoms with Gasteiger partial charge in [0.15, 0.2) is 0 Å². The van der Waals surface area contributed by atoms with Crippen LogP contribution in [0.1, 0.15) is 18.7 Å². The largest absolute Gasteiger partial charge is 0.477 e. The zero-order valence-corrected chi connectivity index (χ0v) is 12.1. The Kier molecular flexibility index (Phi) is 6.51. The van der Waals surface area contributed by atoms with Gasteiger partial charge in [0.1, 0.15) is 6.54 Å². The van der Waals surface area contributed by atoms with Gasteiger partial charge in [0.05, 0.1) is 23.1 Å². The number of urea groups is 1. The van der Waals surface area contributed by atoms with Crippen LogP contribution in [0.25, 0.3) is 0 Å². The summed E-state index contributed by atoms with van der Waals surface area (Å²) >= 11 is 1.22. The van der Waals surface area contributed by atoms with Gasteiger partial charge >= 0.3 is 12.0 Å². The molecule has 1 rings (SSSR count). The fourth-order valence-electron chi connectivity index (χ4n) is 1.26. The van der Waals surface area contributed by atoms with E-state index in [2.05, 4.69) is 15.4 Å². The number of anilines is 1. The molecule has 0 aromatic carbocycles. The Bertz CT molecular complexity index is 487.